The van der Waals surface area contributed by atoms with Gasteiger partial charge in [-0.25, -0.2) is 0 Å². The Labute approximate surface area is 130 Å². The van der Waals surface area contributed by atoms with Crippen LogP contribution in [0.4, 0.5) is 0 Å². The average Bonchev–Trinajstić information content (AvgIpc) is 2.50. The van der Waals surface area contributed by atoms with E-state index in [9.17, 15) is 0 Å². The van der Waals surface area contributed by atoms with Gasteiger partial charge in [0, 0.05) is 6.04 Å². The van der Waals surface area contributed by atoms with Gasteiger partial charge >= 0.3 is 0 Å². The summed E-state index contributed by atoms with van der Waals surface area (Å²) in [6, 6.07) is 20.2. The van der Waals surface area contributed by atoms with Crippen LogP contribution in [-0.2, 0) is 0 Å². The first-order chi connectivity index (χ1) is 10.8. The molecular formula is C21H19N. The van der Waals surface area contributed by atoms with Gasteiger partial charge in [0.2, 0.25) is 0 Å². The molecule has 0 radical (unpaired) electrons. The fourth-order valence-electron chi connectivity index (χ4n) is 4.10. The predicted octanol–water partition coefficient (Wildman–Crippen LogP) is 5.38. The van der Waals surface area contributed by atoms with Gasteiger partial charge in [-0.05, 0) is 56.6 Å². The summed E-state index contributed by atoms with van der Waals surface area (Å²) in [5, 5.41) is 8.10. The van der Waals surface area contributed by atoms with Gasteiger partial charge in [0.15, 0.2) is 0 Å². The van der Waals surface area contributed by atoms with E-state index in [-0.39, 0.29) is 6.04 Å². The van der Waals surface area contributed by atoms with Gasteiger partial charge in [0.25, 0.3) is 0 Å². The molecule has 0 aliphatic heterocycles. The lowest BCUT2D eigenvalue weighted by Gasteiger charge is -2.32. The van der Waals surface area contributed by atoms with Gasteiger partial charge in [-0.2, -0.15) is 0 Å². The number of hydrogen-bond acceptors (Lipinski definition) is 1. The molecule has 0 bridgehead atoms. The normalized spacial score (nSPS) is 17.3. The van der Waals surface area contributed by atoms with Crippen LogP contribution in [0.1, 0.15) is 30.9 Å². The van der Waals surface area contributed by atoms with Crippen molar-refractivity contribution in [1.82, 2.24) is 0 Å². The molecule has 0 saturated heterocycles. The molecule has 0 aromatic heterocycles. The molecule has 22 heavy (non-hydrogen) atoms. The van der Waals surface area contributed by atoms with Crippen molar-refractivity contribution in [2.45, 2.75) is 25.3 Å². The third-order valence-electron chi connectivity index (χ3n) is 5.58. The summed E-state index contributed by atoms with van der Waals surface area (Å²) in [7, 11) is 0. The molecule has 0 heterocycles. The third-order valence-corrected chi connectivity index (χ3v) is 5.58. The highest BCUT2D eigenvalue weighted by atomic mass is 14.7. The van der Waals surface area contributed by atoms with E-state index >= 15 is 0 Å². The molecule has 1 saturated carbocycles. The van der Waals surface area contributed by atoms with Crippen molar-refractivity contribution in [1.29, 1.82) is 0 Å². The quantitative estimate of drug-likeness (QED) is 0.491. The number of benzene rings is 4. The molecule has 0 spiro atoms. The van der Waals surface area contributed by atoms with Crippen molar-refractivity contribution in [3.63, 3.8) is 0 Å². The fourth-order valence-corrected chi connectivity index (χ4v) is 4.10. The molecule has 1 aliphatic rings. The molecule has 1 fully saturated rings. The zero-order valence-electron chi connectivity index (χ0n) is 12.5. The van der Waals surface area contributed by atoms with E-state index in [2.05, 4.69) is 54.6 Å². The van der Waals surface area contributed by atoms with Crippen LogP contribution in [0.15, 0.2) is 54.6 Å². The van der Waals surface area contributed by atoms with Crippen molar-refractivity contribution in [3.8, 4) is 0 Å². The molecule has 5 rings (SSSR count). The summed E-state index contributed by atoms with van der Waals surface area (Å²) >= 11 is 0. The van der Waals surface area contributed by atoms with Gasteiger partial charge in [-0.3, -0.25) is 0 Å². The first kappa shape index (κ1) is 12.4. The summed E-state index contributed by atoms with van der Waals surface area (Å²) in [5.41, 5.74) is 7.93. The lowest BCUT2D eigenvalue weighted by atomic mass is 9.76. The van der Waals surface area contributed by atoms with E-state index in [4.69, 9.17) is 5.73 Å². The van der Waals surface area contributed by atoms with Crippen LogP contribution in [0.2, 0.25) is 0 Å². The molecule has 0 amide bonds. The molecule has 1 nitrogen and oxygen atoms in total. The summed E-state index contributed by atoms with van der Waals surface area (Å²) in [4.78, 5) is 0. The van der Waals surface area contributed by atoms with Crippen molar-refractivity contribution < 1.29 is 0 Å². The van der Waals surface area contributed by atoms with Crippen molar-refractivity contribution in [2.75, 3.05) is 0 Å². The highest BCUT2D eigenvalue weighted by Crippen LogP contribution is 2.41. The highest BCUT2D eigenvalue weighted by molar-refractivity contribution is 6.23. The maximum Gasteiger partial charge on any atom is 0.0329 e. The van der Waals surface area contributed by atoms with E-state index in [0.717, 1.165) is 0 Å². The molecule has 1 aliphatic carbocycles. The van der Waals surface area contributed by atoms with E-state index in [1.807, 2.05) is 0 Å². The van der Waals surface area contributed by atoms with E-state index in [1.165, 1.54) is 57.1 Å². The Hall–Kier alpha value is -2.12. The lowest BCUT2D eigenvalue weighted by Crippen LogP contribution is -2.27. The second-order valence-corrected chi connectivity index (χ2v) is 6.73. The van der Waals surface area contributed by atoms with Crippen LogP contribution in [0.5, 0.6) is 0 Å². The van der Waals surface area contributed by atoms with Gasteiger partial charge in [-0.1, -0.05) is 61.0 Å². The molecular weight excluding hydrogens is 266 g/mol. The monoisotopic (exact) mass is 285 g/mol. The maximum absolute atomic E-state index is 6.60. The van der Waals surface area contributed by atoms with Crippen molar-refractivity contribution >= 4 is 32.3 Å². The van der Waals surface area contributed by atoms with E-state index < -0.39 is 0 Å². The third kappa shape index (κ3) is 1.57. The maximum atomic E-state index is 6.60. The molecule has 0 unspecified atom stereocenters. The Bertz CT molecular complexity index is 965. The second-order valence-electron chi connectivity index (χ2n) is 6.73. The minimum absolute atomic E-state index is 0.179. The van der Waals surface area contributed by atoms with Crippen LogP contribution >= 0.6 is 0 Å². The zero-order chi connectivity index (χ0) is 14.7. The standard InChI is InChI=1S/C21H19N/c22-21(16-5-2-6-16)18-12-10-15-8-7-13-3-1-4-14-9-11-17(18)20(15)19(13)14/h1,3-4,7-12,16,21H,2,5-6,22H2/t21-/m0/s1. The fraction of sp³-hybridized carbons (Fsp3) is 0.238. The zero-order valence-corrected chi connectivity index (χ0v) is 12.5. The minimum Gasteiger partial charge on any atom is -0.324 e. The summed E-state index contributed by atoms with van der Waals surface area (Å²) in [5.74, 6) is 0.665. The first-order valence-corrected chi connectivity index (χ1v) is 8.25. The predicted molar refractivity (Wildman–Crippen MR) is 94.4 cm³/mol. The van der Waals surface area contributed by atoms with Crippen molar-refractivity contribution in [3.05, 3.63) is 60.2 Å². The highest BCUT2D eigenvalue weighted by Gasteiger charge is 2.27. The first-order valence-electron chi connectivity index (χ1n) is 8.25. The SMILES string of the molecule is N[C@H](c1ccc2ccc3cccc4ccc1c2c34)C1CCC1. The van der Waals surface area contributed by atoms with E-state index in [0.29, 0.717) is 5.92 Å². The number of hydrogen-bond donors (Lipinski definition) is 1. The Morgan fingerprint density at radius 2 is 1.41 bits per heavy atom. The molecule has 1 atom stereocenters. The largest absolute Gasteiger partial charge is 0.324 e. The van der Waals surface area contributed by atoms with Gasteiger partial charge in [0.05, 0.1) is 0 Å². The van der Waals surface area contributed by atoms with Crippen LogP contribution in [0.3, 0.4) is 0 Å². The smallest absolute Gasteiger partial charge is 0.0329 e. The molecule has 4 aromatic carbocycles. The molecule has 108 valence electrons. The number of rotatable bonds is 2. The van der Waals surface area contributed by atoms with Crippen LogP contribution < -0.4 is 5.73 Å². The second kappa shape index (κ2) is 4.44. The molecule has 1 heteroatoms. The Morgan fingerprint density at radius 1 is 0.773 bits per heavy atom. The topological polar surface area (TPSA) is 26.0 Å². The lowest BCUT2D eigenvalue weighted by molar-refractivity contribution is 0.265. The minimum atomic E-state index is 0.179. The summed E-state index contributed by atoms with van der Waals surface area (Å²) in [6.07, 6.45) is 3.90. The van der Waals surface area contributed by atoms with Crippen LogP contribution in [-0.4, -0.2) is 0 Å². The molecule has 4 aromatic rings. The Balaban J connectivity index is 1.89. The Morgan fingerprint density at radius 3 is 2.09 bits per heavy atom. The summed E-state index contributed by atoms with van der Waals surface area (Å²) in [6.45, 7) is 0. The van der Waals surface area contributed by atoms with Gasteiger partial charge in [0.1, 0.15) is 0 Å². The van der Waals surface area contributed by atoms with E-state index in [1.54, 1.807) is 0 Å². The van der Waals surface area contributed by atoms with Crippen LogP contribution in [0, 0.1) is 5.92 Å². The van der Waals surface area contributed by atoms with Gasteiger partial charge in [-0.15, -0.1) is 0 Å². The number of nitrogens with two attached hydrogens (primary N) is 1. The molecule has 2 N–H and O–H groups in total. The van der Waals surface area contributed by atoms with Crippen molar-refractivity contribution in [2.24, 2.45) is 11.7 Å². The van der Waals surface area contributed by atoms with Gasteiger partial charge < -0.3 is 5.73 Å². The van der Waals surface area contributed by atoms with Crippen LogP contribution in [0.25, 0.3) is 32.3 Å². The Kier molecular flexibility index (Phi) is 2.51. The summed E-state index contributed by atoms with van der Waals surface area (Å²) < 4.78 is 0. The average molecular weight is 285 g/mol.